The number of likely N-dealkylation sites (tertiary alicyclic amines) is 1. The molecular formula is C12H19NO3. The monoisotopic (exact) mass is 225 g/mol. The smallest absolute Gasteiger partial charge is 0.305 e. The summed E-state index contributed by atoms with van der Waals surface area (Å²) in [5.41, 5.74) is 0. The summed E-state index contributed by atoms with van der Waals surface area (Å²) in [6.45, 7) is 0.843. The Morgan fingerprint density at radius 1 is 1.56 bits per heavy atom. The number of nitrogens with zero attached hydrogens (tertiary/aromatic N) is 1. The average Bonchev–Trinajstić information content (AvgIpc) is 2.27. The number of methoxy groups -OCH3 is 1. The number of ketones is 1. The second-order valence-corrected chi connectivity index (χ2v) is 4.98. The summed E-state index contributed by atoms with van der Waals surface area (Å²) in [6.07, 6.45) is 2.97. The van der Waals surface area contributed by atoms with Gasteiger partial charge < -0.3 is 9.64 Å². The molecule has 1 saturated carbocycles. The molecule has 0 aromatic carbocycles. The van der Waals surface area contributed by atoms with E-state index in [9.17, 15) is 9.59 Å². The first-order chi connectivity index (χ1) is 7.61. The van der Waals surface area contributed by atoms with Gasteiger partial charge in [0, 0.05) is 24.9 Å². The lowest BCUT2D eigenvalue weighted by Gasteiger charge is -2.44. The molecule has 1 heterocycles. The summed E-state index contributed by atoms with van der Waals surface area (Å²) in [5.74, 6) is 0.393. The van der Waals surface area contributed by atoms with Gasteiger partial charge in [-0.05, 0) is 25.8 Å². The van der Waals surface area contributed by atoms with Crippen molar-refractivity contribution in [1.29, 1.82) is 0 Å². The van der Waals surface area contributed by atoms with Crippen LogP contribution in [-0.4, -0.2) is 43.4 Å². The van der Waals surface area contributed by atoms with Gasteiger partial charge in [-0.15, -0.1) is 0 Å². The van der Waals surface area contributed by atoms with Gasteiger partial charge in [-0.3, -0.25) is 9.59 Å². The molecule has 2 rings (SSSR count). The highest BCUT2D eigenvalue weighted by Crippen LogP contribution is 2.36. The van der Waals surface area contributed by atoms with Crippen molar-refractivity contribution in [2.75, 3.05) is 20.7 Å². The molecule has 16 heavy (non-hydrogen) atoms. The second kappa shape index (κ2) is 4.53. The van der Waals surface area contributed by atoms with Gasteiger partial charge in [-0.1, -0.05) is 0 Å². The van der Waals surface area contributed by atoms with Crippen LogP contribution in [-0.2, 0) is 14.3 Å². The van der Waals surface area contributed by atoms with E-state index in [0.29, 0.717) is 24.7 Å². The minimum absolute atomic E-state index is 0.0917. The van der Waals surface area contributed by atoms with Crippen molar-refractivity contribution in [3.63, 3.8) is 0 Å². The molecule has 1 aliphatic carbocycles. The number of ether oxygens (including phenoxy) is 1. The number of Topliss-reactive ketones (excluding diaryl/α,β-unsaturated/α-hetero) is 1. The van der Waals surface area contributed by atoms with E-state index in [1.165, 1.54) is 7.11 Å². The van der Waals surface area contributed by atoms with Gasteiger partial charge in [0.2, 0.25) is 0 Å². The lowest BCUT2D eigenvalue weighted by atomic mass is 9.72. The van der Waals surface area contributed by atoms with Gasteiger partial charge in [-0.25, -0.2) is 0 Å². The first-order valence-electron chi connectivity index (χ1n) is 5.91. The van der Waals surface area contributed by atoms with Crippen LogP contribution >= 0.6 is 0 Å². The van der Waals surface area contributed by atoms with Gasteiger partial charge in [0.05, 0.1) is 13.5 Å². The van der Waals surface area contributed by atoms with Gasteiger partial charge in [0.1, 0.15) is 5.78 Å². The highest BCUT2D eigenvalue weighted by Gasteiger charge is 2.41. The molecule has 90 valence electrons. The fraction of sp³-hybridized carbons (Fsp3) is 0.833. The fourth-order valence-electron chi connectivity index (χ4n) is 3.04. The minimum atomic E-state index is -0.199. The molecule has 0 radical (unpaired) electrons. The third-order valence-electron chi connectivity index (χ3n) is 4.03. The molecule has 2 fully saturated rings. The quantitative estimate of drug-likeness (QED) is 0.654. The Hall–Kier alpha value is -0.900. The molecule has 0 amide bonds. The molecule has 0 N–H and O–H groups in total. The average molecular weight is 225 g/mol. The van der Waals surface area contributed by atoms with E-state index in [2.05, 4.69) is 11.9 Å². The number of piperidine rings is 1. The van der Waals surface area contributed by atoms with E-state index >= 15 is 0 Å². The van der Waals surface area contributed by atoms with E-state index in [1.54, 1.807) is 0 Å². The van der Waals surface area contributed by atoms with Crippen molar-refractivity contribution in [2.45, 2.75) is 31.7 Å². The Bertz CT molecular complexity index is 303. The second-order valence-electron chi connectivity index (χ2n) is 4.98. The molecule has 4 nitrogen and oxygen atoms in total. The highest BCUT2D eigenvalue weighted by molar-refractivity contribution is 5.83. The summed E-state index contributed by atoms with van der Waals surface area (Å²) in [5, 5.41) is 0. The molecule has 1 aliphatic heterocycles. The van der Waals surface area contributed by atoms with E-state index in [0.717, 1.165) is 19.4 Å². The van der Waals surface area contributed by atoms with Gasteiger partial charge in [0.25, 0.3) is 0 Å². The number of carbonyl (C=O) groups excluding carboxylic acids is 2. The molecule has 0 aromatic rings. The van der Waals surface area contributed by atoms with Crippen LogP contribution in [0.5, 0.6) is 0 Å². The summed E-state index contributed by atoms with van der Waals surface area (Å²) in [4.78, 5) is 25.4. The van der Waals surface area contributed by atoms with Crippen LogP contribution in [0.2, 0.25) is 0 Å². The molecule has 1 saturated heterocycles. The maximum absolute atomic E-state index is 11.8. The van der Waals surface area contributed by atoms with Crippen LogP contribution < -0.4 is 0 Å². The molecular weight excluding hydrogens is 206 g/mol. The number of fused-ring (bicyclic) bond motifs is 2. The van der Waals surface area contributed by atoms with E-state index < -0.39 is 0 Å². The minimum Gasteiger partial charge on any atom is -0.469 e. The first-order valence-corrected chi connectivity index (χ1v) is 5.91. The molecule has 1 unspecified atom stereocenters. The standard InChI is InChI=1S/C12H19NO3/c1-13-7-8(5-12(15)16-2)10-6-9(13)3-4-11(10)14/h8-10H,3-7H2,1-2H3/t8-,9-,10?/m1/s1. The fourth-order valence-corrected chi connectivity index (χ4v) is 3.04. The normalized spacial score (nSPS) is 34.9. The van der Waals surface area contributed by atoms with Crippen molar-refractivity contribution in [2.24, 2.45) is 11.8 Å². The van der Waals surface area contributed by atoms with Gasteiger partial charge in [0.15, 0.2) is 0 Å². The maximum Gasteiger partial charge on any atom is 0.305 e. The lowest BCUT2D eigenvalue weighted by molar-refractivity contribution is -0.144. The predicted molar refractivity (Wildman–Crippen MR) is 58.9 cm³/mol. The van der Waals surface area contributed by atoms with Crippen LogP contribution in [0.1, 0.15) is 25.7 Å². The topological polar surface area (TPSA) is 46.6 Å². The molecule has 4 heteroatoms. The zero-order chi connectivity index (χ0) is 11.7. The van der Waals surface area contributed by atoms with E-state index in [4.69, 9.17) is 4.74 Å². The summed E-state index contributed by atoms with van der Waals surface area (Å²) >= 11 is 0. The predicted octanol–water partition coefficient (Wildman–Crippen LogP) is 0.849. The number of hydrogen-bond acceptors (Lipinski definition) is 4. The van der Waals surface area contributed by atoms with Crippen LogP contribution in [0.15, 0.2) is 0 Å². The van der Waals surface area contributed by atoms with E-state index in [-0.39, 0.29) is 17.8 Å². The Balaban J connectivity index is 2.06. The number of hydrogen-bond donors (Lipinski definition) is 0. The van der Waals surface area contributed by atoms with Gasteiger partial charge in [-0.2, -0.15) is 0 Å². The zero-order valence-corrected chi connectivity index (χ0v) is 9.94. The SMILES string of the molecule is COC(=O)C[C@@H]1CN(C)[C@@H]2CCC(=O)C1C2. The Labute approximate surface area is 95.9 Å². The Morgan fingerprint density at radius 3 is 3.00 bits per heavy atom. The molecule has 0 aromatic heterocycles. The summed E-state index contributed by atoms with van der Waals surface area (Å²) < 4.78 is 4.69. The number of esters is 1. The lowest BCUT2D eigenvalue weighted by Crippen LogP contribution is -2.51. The largest absolute Gasteiger partial charge is 0.469 e. The van der Waals surface area contributed by atoms with Crippen LogP contribution in [0, 0.1) is 11.8 Å². The summed E-state index contributed by atoms with van der Waals surface area (Å²) in [7, 11) is 3.49. The molecule has 2 bridgehead atoms. The van der Waals surface area contributed by atoms with Crippen molar-refractivity contribution < 1.29 is 14.3 Å². The number of carbonyl (C=O) groups is 2. The van der Waals surface area contributed by atoms with E-state index in [1.807, 2.05) is 0 Å². The third kappa shape index (κ3) is 2.12. The van der Waals surface area contributed by atoms with Crippen molar-refractivity contribution in [3.05, 3.63) is 0 Å². The Morgan fingerprint density at radius 2 is 2.31 bits per heavy atom. The molecule has 2 aliphatic rings. The Kier molecular flexibility index (Phi) is 3.28. The zero-order valence-electron chi connectivity index (χ0n) is 9.94. The third-order valence-corrected chi connectivity index (χ3v) is 4.03. The molecule has 0 spiro atoms. The highest BCUT2D eigenvalue weighted by atomic mass is 16.5. The maximum atomic E-state index is 11.8. The van der Waals surface area contributed by atoms with Crippen LogP contribution in [0.25, 0.3) is 0 Å². The number of rotatable bonds is 2. The molecule has 3 atom stereocenters. The van der Waals surface area contributed by atoms with Crippen molar-refractivity contribution in [1.82, 2.24) is 4.90 Å². The first kappa shape index (κ1) is 11.6. The van der Waals surface area contributed by atoms with Crippen LogP contribution in [0.3, 0.4) is 0 Å². The van der Waals surface area contributed by atoms with Crippen molar-refractivity contribution >= 4 is 11.8 Å². The van der Waals surface area contributed by atoms with Crippen molar-refractivity contribution in [3.8, 4) is 0 Å². The van der Waals surface area contributed by atoms with Crippen LogP contribution in [0.4, 0.5) is 0 Å². The van der Waals surface area contributed by atoms with Gasteiger partial charge >= 0.3 is 5.97 Å². The summed E-state index contributed by atoms with van der Waals surface area (Å²) in [6, 6.07) is 0.539.